The van der Waals surface area contributed by atoms with Crippen LogP contribution in [0.15, 0.2) is 22.8 Å². The van der Waals surface area contributed by atoms with E-state index in [0.29, 0.717) is 12.4 Å². The van der Waals surface area contributed by atoms with Crippen molar-refractivity contribution in [3.05, 3.63) is 46.5 Å². The minimum atomic E-state index is -0.928. The molecule has 0 amide bonds. The molecule has 0 atom stereocenters. The van der Waals surface area contributed by atoms with Crippen LogP contribution < -0.4 is 4.90 Å². The predicted molar refractivity (Wildman–Crippen MR) is 78.8 cm³/mol. The second-order valence-electron chi connectivity index (χ2n) is 5.48. The van der Waals surface area contributed by atoms with E-state index in [1.54, 1.807) is 12.3 Å². The van der Waals surface area contributed by atoms with E-state index in [1.807, 2.05) is 24.9 Å². The molecule has 2 heterocycles. The van der Waals surface area contributed by atoms with Crippen LogP contribution in [0.5, 0.6) is 0 Å². The second kappa shape index (κ2) is 5.24. The highest BCUT2D eigenvalue weighted by molar-refractivity contribution is 5.93. The molecule has 3 rings (SSSR count). The highest BCUT2D eigenvalue weighted by Gasteiger charge is 2.22. The summed E-state index contributed by atoms with van der Waals surface area (Å²) in [5.74, 6) is 0.451. The van der Waals surface area contributed by atoms with Gasteiger partial charge in [0.2, 0.25) is 0 Å². The third kappa shape index (κ3) is 2.51. The summed E-state index contributed by atoms with van der Waals surface area (Å²) in [6, 6.07) is 3.69. The molecule has 0 aromatic carbocycles. The molecule has 0 radical (unpaired) electrons. The lowest BCUT2D eigenvalue weighted by Crippen LogP contribution is -2.21. The maximum atomic E-state index is 11.5. The largest absolute Gasteiger partial charge is 0.478 e. The molecule has 0 fully saturated rings. The Morgan fingerprint density at radius 2 is 2.29 bits per heavy atom. The Balaban J connectivity index is 1.96. The van der Waals surface area contributed by atoms with Crippen molar-refractivity contribution >= 4 is 11.8 Å². The third-order valence-electron chi connectivity index (χ3n) is 4.00. The minimum absolute atomic E-state index is 0.277. The van der Waals surface area contributed by atoms with E-state index in [2.05, 4.69) is 4.98 Å². The summed E-state index contributed by atoms with van der Waals surface area (Å²) in [4.78, 5) is 18.0. The summed E-state index contributed by atoms with van der Waals surface area (Å²) in [6.45, 7) is 2.48. The van der Waals surface area contributed by atoms with E-state index < -0.39 is 5.97 Å². The van der Waals surface area contributed by atoms with Gasteiger partial charge in [0.05, 0.1) is 6.26 Å². The van der Waals surface area contributed by atoms with Crippen LogP contribution in [0.2, 0.25) is 0 Å². The number of aromatic carboxylic acids is 1. The van der Waals surface area contributed by atoms with E-state index >= 15 is 0 Å². The number of furan rings is 1. The fourth-order valence-corrected chi connectivity index (χ4v) is 2.82. The van der Waals surface area contributed by atoms with E-state index in [-0.39, 0.29) is 5.56 Å². The van der Waals surface area contributed by atoms with Crippen molar-refractivity contribution in [3.63, 3.8) is 0 Å². The van der Waals surface area contributed by atoms with Gasteiger partial charge in [-0.3, -0.25) is 0 Å². The monoisotopic (exact) mass is 286 g/mol. The van der Waals surface area contributed by atoms with Gasteiger partial charge >= 0.3 is 5.97 Å². The zero-order chi connectivity index (χ0) is 15.0. The standard InChI is InChI=1S/C16H18N2O3/c1-10-12(6-7-21-10)9-18(2)15-13(16(19)20)8-11-4-3-5-14(11)17-15/h6-8H,3-5,9H2,1-2H3,(H,19,20). The number of carboxylic acid groups (broad SMARTS) is 1. The van der Waals surface area contributed by atoms with E-state index in [0.717, 1.165) is 41.8 Å². The van der Waals surface area contributed by atoms with Gasteiger partial charge in [-0.1, -0.05) is 0 Å². The van der Waals surface area contributed by atoms with Crippen LogP contribution in [0, 0.1) is 6.92 Å². The van der Waals surface area contributed by atoms with Crippen molar-refractivity contribution in [1.29, 1.82) is 0 Å². The number of fused-ring (bicyclic) bond motifs is 1. The van der Waals surface area contributed by atoms with Crippen molar-refractivity contribution in [3.8, 4) is 0 Å². The van der Waals surface area contributed by atoms with Gasteiger partial charge in [-0.25, -0.2) is 9.78 Å². The molecule has 5 heteroatoms. The number of pyridine rings is 1. The van der Waals surface area contributed by atoms with Gasteiger partial charge in [0, 0.05) is 24.8 Å². The Hall–Kier alpha value is -2.30. The van der Waals surface area contributed by atoms with Crippen molar-refractivity contribution in [2.45, 2.75) is 32.7 Å². The van der Waals surface area contributed by atoms with Gasteiger partial charge in [0.1, 0.15) is 17.1 Å². The number of hydrogen-bond acceptors (Lipinski definition) is 4. The maximum Gasteiger partial charge on any atom is 0.339 e. The second-order valence-corrected chi connectivity index (χ2v) is 5.48. The number of aryl methyl sites for hydroxylation is 3. The van der Waals surface area contributed by atoms with Crippen LogP contribution in [0.1, 0.15) is 39.4 Å². The Labute approximate surface area is 123 Å². The molecule has 21 heavy (non-hydrogen) atoms. The SMILES string of the molecule is Cc1occc1CN(C)c1nc2c(cc1C(=O)O)CCC2. The molecule has 2 aromatic rings. The molecule has 0 aliphatic heterocycles. The van der Waals surface area contributed by atoms with Gasteiger partial charge in [-0.15, -0.1) is 0 Å². The number of nitrogens with zero attached hydrogens (tertiary/aromatic N) is 2. The molecule has 0 saturated heterocycles. The average Bonchev–Trinajstić information content (AvgIpc) is 3.06. The molecule has 1 aliphatic carbocycles. The first-order chi connectivity index (χ1) is 10.1. The van der Waals surface area contributed by atoms with Crippen LogP contribution in [0.25, 0.3) is 0 Å². The number of aromatic nitrogens is 1. The Morgan fingerprint density at radius 1 is 1.48 bits per heavy atom. The lowest BCUT2D eigenvalue weighted by Gasteiger charge is -2.21. The highest BCUT2D eigenvalue weighted by Crippen LogP contribution is 2.28. The van der Waals surface area contributed by atoms with Gasteiger partial charge in [-0.2, -0.15) is 0 Å². The van der Waals surface area contributed by atoms with Gasteiger partial charge in [-0.05, 0) is 43.9 Å². The summed E-state index contributed by atoms with van der Waals surface area (Å²) < 4.78 is 5.29. The number of carboxylic acids is 1. The maximum absolute atomic E-state index is 11.5. The Morgan fingerprint density at radius 3 is 2.95 bits per heavy atom. The van der Waals surface area contributed by atoms with Gasteiger partial charge in [0.25, 0.3) is 0 Å². The fraction of sp³-hybridized carbons (Fsp3) is 0.375. The summed E-state index contributed by atoms with van der Waals surface area (Å²) in [7, 11) is 1.86. The molecule has 5 nitrogen and oxygen atoms in total. The van der Waals surface area contributed by atoms with E-state index in [4.69, 9.17) is 4.42 Å². The number of hydrogen-bond donors (Lipinski definition) is 1. The molecule has 2 aromatic heterocycles. The Bertz CT molecular complexity index is 691. The van der Waals surface area contributed by atoms with E-state index in [1.165, 1.54) is 0 Å². The topological polar surface area (TPSA) is 66.6 Å². The van der Waals surface area contributed by atoms with E-state index in [9.17, 15) is 9.90 Å². The predicted octanol–water partition coefficient (Wildman–Crippen LogP) is 2.81. The third-order valence-corrected chi connectivity index (χ3v) is 4.00. The summed E-state index contributed by atoms with van der Waals surface area (Å²) in [5.41, 5.74) is 3.42. The van der Waals surface area contributed by atoms with Crippen molar-refractivity contribution in [2.24, 2.45) is 0 Å². The van der Waals surface area contributed by atoms with Crippen LogP contribution >= 0.6 is 0 Å². The average molecular weight is 286 g/mol. The first-order valence-corrected chi connectivity index (χ1v) is 7.06. The lowest BCUT2D eigenvalue weighted by atomic mass is 10.1. The first kappa shape index (κ1) is 13.7. The van der Waals surface area contributed by atoms with Crippen LogP contribution in [0.3, 0.4) is 0 Å². The number of anilines is 1. The normalized spacial score (nSPS) is 13.2. The molecule has 1 aliphatic rings. The van der Waals surface area contributed by atoms with Crippen LogP contribution in [0.4, 0.5) is 5.82 Å². The molecule has 0 unspecified atom stereocenters. The van der Waals surface area contributed by atoms with Gasteiger partial charge < -0.3 is 14.4 Å². The van der Waals surface area contributed by atoms with Crippen LogP contribution in [-0.2, 0) is 19.4 Å². The zero-order valence-corrected chi connectivity index (χ0v) is 12.2. The molecular formula is C16H18N2O3. The molecule has 0 saturated carbocycles. The lowest BCUT2D eigenvalue weighted by molar-refractivity contribution is 0.0697. The smallest absolute Gasteiger partial charge is 0.339 e. The van der Waals surface area contributed by atoms with Crippen molar-refractivity contribution in [1.82, 2.24) is 4.98 Å². The Kier molecular flexibility index (Phi) is 3.41. The van der Waals surface area contributed by atoms with Gasteiger partial charge in [0.15, 0.2) is 0 Å². The minimum Gasteiger partial charge on any atom is -0.478 e. The molecule has 110 valence electrons. The molecule has 0 spiro atoms. The zero-order valence-electron chi connectivity index (χ0n) is 12.2. The van der Waals surface area contributed by atoms with Crippen molar-refractivity contribution < 1.29 is 14.3 Å². The summed E-state index contributed by atoms with van der Waals surface area (Å²) in [5, 5.41) is 9.44. The number of rotatable bonds is 4. The molecular weight excluding hydrogens is 268 g/mol. The highest BCUT2D eigenvalue weighted by atomic mass is 16.4. The fourth-order valence-electron chi connectivity index (χ4n) is 2.82. The summed E-state index contributed by atoms with van der Waals surface area (Å²) in [6.07, 6.45) is 4.55. The van der Waals surface area contributed by atoms with Crippen LogP contribution in [-0.4, -0.2) is 23.1 Å². The molecule has 1 N–H and O–H groups in total. The first-order valence-electron chi connectivity index (χ1n) is 7.06. The number of carbonyl (C=O) groups is 1. The quantitative estimate of drug-likeness (QED) is 0.936. The summed E-state index contributed by atoms with van der Waals surface area (Å²) >= 11 is 0. The molecule has 0 bridgehead atoms. The van der Waals surface area contributed by atoms with Crippen molar-refractivity contribution in [2.75, 3.05) is 11.9 Å².